The van der Waals surface area contributed by atoms with Crippen molar-refractivity contribution in [2.75, 3.05) is 39.8 Å². The first-order valence-corrected chi connectivity index (χ1v) is 8.02. The van der Waals surface area contributed by atoms with Gasteiger partial charge in [0.05, 0.1) is 5.60 Å². The van der Waals surface area contributed by atoms with E-state index in [1.807, 2.05) is 0 Å². The van der Waals surface area contributed by atoms with E-state index in [1.165, 1.54) is 5.56 Å². The molecule has 3 rings (SSSR count). The van der Waals surface area contributed by atoms with Crippen LogP contribution in [0, 0.1) is 5.92 Å². The number of nitrogens with zero attached hydrogens (tertiary/aromatic N) is 2. The molecule has 1 heterocycles. The van der Waals surface area contributed by atoms with Gasteiger partial charge in [0.25, 0.3) is 0 Å². The van der Waals surface area contributed by atoms with E-state index in [1.54, 1.807) is 0 Å². The summed E-state index contributed by atoms with van der Waals surface area (Å²) >= 11 is 0. The zero-order valence-electron chi connectivity index (χ0n) is 12.9. The summed E-state index contributed by atoms with van der Waals surface area (Å²) in [5.41, 5.74) is 6.52. The summed E-state index contributed by atoms with van der Waals surface area (Å²) in [5.74, 6) is 0.401. The van der Waals surface area contributed by atoms with Crippen LogP contribution in [0.15, 0.2) is 30.3 Å². The monoisotopic (exact) mass is 289 g/mol. The van der Waals surface area contributed by atoms with Crippen LogP contribution in [0.3, 0.4) is 0 Å². The maximum Gasteiger partial charge on any atom is 0.0923 e. The lowest BCUT2D eigenvalue weighted by atomic mass is 9.94. The molecule has 0 aromatic heterocycles. The smallest absolute Gasteiger partial charge is 0.0923 e. The van der Waals surface area contributed by atoms with E-state index < -0.39 is 5.60 Å². The lowest BCUT2D eigenvalue weighted by Gasteiger charge is -2.44. The normalized spacial score (nSPS) is 27.5. The number of piperazine rings is 1. The van der Waals surface area contributed by atoms with Crippen LogP contribution in [-0.4, -0.2) is 60.3 Å². The predicted molar refractivity (Wildman–Crippen MR) is 85.0 cm³/mol. The van der Waals surface area contributed by atoms with E-state index in [-0.39, 0.29) is 0 Å². The Morgan fingerprint density at radius 1 is 1.24 bits per heavy atom. The Kier molecular flexibility index (Phi) is 4.31. The lowest BCUT2D eigenvalue weighted by Crippen LogP contribution is -2.55. The van der Waals surface area contributed by atoms with Gasteiger partial charge in [0, 0.05) is 38.8 Å². The summed E-state index contributed by atoms with van der Waals surface area (Å²) in [6, 6.07) is 11.0. The minimum absolute atomic E-state index is 0.349. The molecule has 0 amide bonds. The highest BCUT2D eigenvalue weighted by Crippen LogP contribution is 2.40. The fourth-order valence-corrected chi connectivity index (χ4v) is 3.47. The fourth-order valence-electron chi connectivity index (χ4n) is 3.47. The Labute approximate surface area is 127 Å². The van der Waals surface area contributed by atoms with Gasteiger partial charge in [-0.05, 0) is 31.4 Å². The number of benzene rings is 1. The number of hydrogen-bond acceptors (Lipinski definition) is 4. The summed E-state index contributed by atoms with van der Waals surface area (Å²) in [7, 11) is 2.17. The Balaban J connectivity index is 1.78. The number of rotatable bonds is 5. The molecule has 0 bridgehead atoms. The summed E-state index contributed by atoms with van der Waals surface area (Å²) in [6.07, 6.45) is 2.24. The quantitative estimate of drug-likeness (QED) is 0.851. The van der Waals surface area contributed by atoms with Crippen LogP contribution in [0.4, 0.5) is 0 Å². The summed E-state index contributed by atoms with van der Waals surface area (Å²) in [6.45, 7) is 4.11. The van der Waals surface area contributed by atoms with Crippen LogP contribution in [0.2, 0.25) is 0 Å². The Morgan fingerprint density at radius 2 is 1.95 bits per heavy atom. The summed E-state index contributed by atoms with van der Waals surface area (Å²) in [4.78, 5) is 4.80. The molecule has 0 spiro atoms. The van der Waals surface area contributed by atoms with Crippen molar-refractivity contribution in [1.29, 1.82) is 0 Å². The highest BCUT2D eigenvalue weighted by atomic mass is 16.3. The van der Waals surface area contributed by atoms with Crippen molar-refractivity contribution in [2.45, 2.75) is 24.5 Å². The van der Waals surface area contributed by atoms with E-state index in [0.29, 0.717) is 25.0 Å². The second kappa shape index (κ2) is 6.05. The summed E-state index contributed by atoms with van der Waals surface area (Å²) in [5, 5.41) is 10.9. The molecule has 1 aromatic rings. The molecule has 0 radical (unpaired) electrons. The van der Waals surface area contributed by atoms with Crippen LogP contribution in [0.25, 0.3) is 0 Å². The SMILES string of the molecule is CN1CCN(CC(O)(CN)C2CC2)C(c2ccccc2)C1. The molecule has 116 valence electrons. The third kappa shape index (κ3) is 3.29. The highest BCUT2D eigenvalue weighted by molar-refractivity contribution is 5.20. The molecule has 4 heteroatoms. The first-order chi connectivity index (χ1) is 10.1. The fraction of sp³-hybridized carbons (Fsp3) is 0.647. The van der Waals surface area contributed by atoms with Crippen molar-refractivity contribution in [2.24, 2.45) is 11.7 Å². The maximum absolute atomic E-state index is 10.9. The van der Waals surface area contributed by atoms with Gasteiger partial charge in [-0.3, -0.25) is 4.90 Å². The molecule has 1 saturated carbocycles. The minimum Gasteiger partial charge on any atom is -0.387 e. The molecular weight excluding hydrogens is 262 g/mol. The number of aliphatic hydroxyl groups is 1. The van der Waals surface area contributed by atoms with E-state index in [4.69, 9.17) is 5.73 Å². The molecule has 1 saturated heterocycles. The number of hydrogen-bond donors (Lipinski definition) is 2. The zero-order chi connectivity index (χ0) is 14.9. The Bertz CT molecular complexity index is 462. The van der Waals surface area contributed by atoms with Gasteiger partial charge >= 0.3 is 0 Å². The molecule has 1 aliphatic heterocycles. The van der Waals surface area contributed by atoms with Crippen LogP contribution >= 0.6 is 0 Å². The van der Waals surface area contributed by atoms with Crippen molar-refractivity contribution in [3.05, 3.63) is 35.9 Å². The van der Waals surface area contributed by atoms with E-state index in [9.17, 15) is 5.11 Å². The average molecular weight is 289 g/mol. The van der Waals surface area contributed by atoms with Gasteiger partial charge in [-0.25, -0.2) is 0 Å². The van der Waals surface area contributed by atoms with Gasteiger partial charge in [-0.2, -0.15) is 0 Å². The first kappa shape index (κ1) is 15.0. The zero-order valence-corrected chi connectivity index (χ0v) is 12.9. The third-order valence-electron chi connectivity index (χ3n) is 5.05. The lowest BCUT2D eigenvalue weighted by molar-refractivity contribution is -0.0360. The number of likely N-dealkylation sites (N-methyl/N-ethyl adjacent to an activating group) is 1. The topological polar surface area (TPSA) is 52.7 Å². The molecule has 2 unspecified atom stereocenters. The van der Waals surface area contributed by atoms with Crippen LogP contribution in [0.1, 0.15) is 24.4 Å². The van der Waals surface area contributed by atoms with Gasteiger partial charge in [-0.1, -0.05) is 30.3 Å². The van der Waals surface area contributed by atoms with Gasteiger partial charge in [0.15, 0.2) is 0 Å². The Hall–Kier alpha value is -0.940. The number of nitrogens with two attached hydrogens (primary N) is 1. The molecule has 3 N–H and O–H groups in total. The van der Waals surface area contributed by atoms with E-state index in [2.05, 4.69) is 47.2 Å². The van der Waals surface area contributed by atoms with Crippen molar-refractivity contribution >= 4 is 0 Å². The number of β-amino-alcohol motifs (C(OH)–C–C–N with tert-alkyl or cyclic N) is 1. The predicted octanol–water partition coefficient (Wildman–Crippen LogP) is 1.07. The van der Waals surface area contributed by atoms with Crippen LogP contribution < -0.4 is 5.73 Å². The molecule has 4 nitrogen and oxygen atoms in total. The summed E-state index contributed by atoms with van der Waals surface area (Å²) < 4.78 is 0. The minimum atomic E-state index is -0.705. The Morgan fingerprint density at radius 3 is 2.57 bits per heavy atom. The van der Waals surface area contributed by atoms with Gasteiger partial charge < -0.3 is 15.7 Å². The second-order valence-corrected chi connectivity index (χ2v) is 6.74. The molecule has 2 fully saturated rings. The molecule has 1 aliphatic carbocycles. The van der Waals surface area contributed by atoms with E-state index in [0.717, 1.165) is 32.5 Å². The van der Waals surface area contributed by atoms with Gasteiger partial charge in [-0.15, -0.1) is 0 Å². The molecule has 2 aliphatic rings. The van der Waals surface area contributed by atoms with Gasteiger partial charge in [0.2, 0.25) is 0 Å². The van der Waals surface area contributed by atoms with Crippen molar-refractivity contribution < 1.29 is 5.11 Å². The van der Waals surface area contributed by atoms with Crippen LogP contribution in [0.5, 0.6) is 0 Å². The third-order valence-corrected chi connectivity index (χ3v) is 5.05. The molecule has 2 atom stereocenters. The van der Waals surface area contributed by atoms with Crippen LogP contribution in [-0.2, 0) is 0 Å². The molecule has 1 aromatic carbocycles. The second-order valence-electron chi connectivity index (χ2n) is 6.74. The standard InChI is InChI=1S/C17H27N3O/c1-19-9-10-20(13-17(21,12-18)15-7-8-15)16(11-19)14-5-3-2-4-6-14/h2-6,15-16,21H,7-13,18H2,1H3. The van der Waals surface area contributed by atoms with Crippen molar-refractivity contribution in [1.82, 2.24) is 9.80 Å². The highest BCUT2D eigenvalue weighted by Gasteiger charge is 2.45. The average Bonchev–Trinajstić information content (AvgIpc) is 3.35. The van der Waals surface area contributed by atoms with Gasteiger partial charge in [0.1, 0.15) is 0 Å². The molecule has 21 heavy (non-hydrogen) atoms. The van der Waals surface area contributed by atoms with Crippen molar-refractivity contribution in [3.8, 4) is 0 Å². The van der Waals surface area contributed by atoms with E-state index >= 15 is 0 Å². The molecular formula is C17H27N3O. The van der Waals surface area contributed by atoms with Crippen molar-refractivity contribution in [3.63, 3.8) is 0 Å². The first-order valence-electron chi connectivity index (χ1n) is 8.02. The maximum atomic E-state index is 10.9. The largest absolute Gasteiger partial charge is 0.387 e.